The van der Waals surface area contributed by atoms with Gasteiger partial charge in [-0.2, -0.15) is 4.72 Å². The van der Waals surface area contributed by atoms with Gasteiger partial charge in [0.2, 0.25) is 10.0 Å². The quantitative estimate of drug-likeness (QED) is 0.811. The Morgan fingerprint density at radius 3 is 2.56 bits per heavy atom. The number of carbonyl (C=O) groups is 1. The Balaban J connectivity index is 3.27. The van der Waals surface area contributed by atoms with E-state index in [1.165, 1.54) is 0 Å². The summed E-state index contributed by atoms with van der Waals surface area (Å²) >= 11 is 0. The van der Waals surface area contributed by atoms with Gasteiger partial charge in [0.05, 0.1) is 7.11 Å². The topological polar surface area (TPSA) is 92.7 Å². The number of halogens is 2. The van der Waals surface area contributed by atoms with Crippen LogP contribution in [0.3, 0.4) is 0 Å². The van der Waals surface area contributed by atoms with Gasteiger partial charge in [0, 0.05) is 12.1 Å². The molecule has 1 aromatic carbocycles. The van der Waals surface area contributed by atoms with Crippen LogP contribution in [-0.2, 0) is 14.8 Å². The van der Waals surface area contributed by atoms with Crippen LogP contribution in [0.2, 0.25) is 0 Å². The highest BCUT2D eigenvalue weighted by molar-refractivity contribution is 7.89. The molecule has 1 rings (SSSR count). The SMILES string of the molecule is COc1cc(F)cc(F)c1S(=O)(=O)NCC(=O)O. The molecule has 0 atom stereocenters. The smallest absolute Gasteiger partial charge is 0.318 e. The van der Waals surface area contributed by atoms with Crippen molar-refractivity contribution in [1.82, 2.24) is 4.72 Å². The molecule has 18 heavy (non-hydrogen) atoms. The molecule has 0 aliphatic heterocycles. The van der Waals surface area contributed by atoms with Crippen LogP contribution in [0.1, 0.15) is 0 Å². The Bertz CT molecular complexity index is 573. The van der Waals surface area contributed by atoms with Crippen LogP contribution >= 0.6 is 0 Å². The number of sulfonamides is 1. The third kappa shape index (κ3) is 3.14. The van der Waals surface area contributed by atoms with E-state index in [1.807, 2.05) is 0 Å². The summed E-state index contributed by atoms with van der Waals surface area (Å²) < 4.78 is 55.8. The lowest BCUT2D eigenvalue weighted by atomic mass is 10.3. The van der Waals surface area contributed by atoms with Gasteiger partial charge >= 0.3 is 5.97 Å². The van der Waals surface area contributed by atoms with E-state index in [0.29, 0.717) is 12.1 Å². The van der Waals surface area contributed by atoms with Gasteiger partial charge in [-0.3, -0.25) is 4.79 Å². The lowest BCUT2D eigenvalue weighted by Gasteiger charge is -2.10. The fourth-order valence-corrected chi connectivity index (χ4v) is 2.36. The van der Waals surface area contributed by atoms with Crippen molar-refractivity contribution in [3.63, 3.8) is 0 Å². The number of hydrogen-bond donors (Lipinski definition) is 2. The zero-order valence-electron chi connectivity index (χ0n) is 9.11. The molecule has 0 amide bonds. The average molecular weight is 281 g/mol. The monoisotopic (exact) mass is 281 g/mol. The number of nitrogens with one attached hydrogen (secondary N) is 1. The summed E-state index contributed by atoms with van der Waals surface area (Å²) in [6, 6.07) is 1.04. The Labute approximate surface area is 101 Å². The predicted octanol–water partition coefficient (Wildman–Crippen LogP) is 0.336. The molecule has 6 nitrogen and oxygen atoms in total. The molecule has 0 bridgehead atoms. The third-order valence-corrected chi connectivity index (χ3v) is 3.33. The van der Waals surface area contributed by atoms with Crippen molar-refractivity contribution in [2.75, 3.05) is 13.7 Å². The van der Waals surface area contributed by atoms with Crippen LogP contribution in [-0.4, -0.2) is 33.1 Å². The number of rotatable bonds is 5. The lowest BCUT2D eigenvalue weighted by molar-refractivity contribution is -0.135. The van der Waals surface area contributed by atoms with E-state index >= 15 is 0 Å². The first-order valence-corrected chi connectivity index (χ1v) is 6.00. The summed E-state index contributed by atoms with van der Waals surface area (Å²) in [6.45, 7) is -0.928. The Morgan fingerprint density at radius 1 is 1.44 bits per heavy atom. The molecule has 0 saturated heterocycles. The fourth-order valence-electron chi connectivity index (χ4n) is 1.18. The molecule has 0 aliphatic rings. The third-order valence-electron chi connectivity index (χ3n) is 1.88. The first-order valence-electron chi connectivity index (χ1n) is 4.52. The number of benzene rings is 1. The number of methoxy groups -OCH3 is 1. The van der Waals surface area contributed by atoms with E-state index in [1.54, 1.807) is 4.72 Å². The maximum absolute atomic E-state index is 13.4. The number of aliphatic carboxylic acids is 1. The van der Waals surface area contributed by atoms with Crippen molar-refractivity contribution < 1.29 is 31.8 Å². The second-order valence-corrected chi connectivity index (χ2v) is 4.84. The van der Waals surface area contributed by atoms with E-state index in [2.05, 4.69) is 4.74 Å². The molecule has 9 heteroatoms. The van der Waals surface area contributed by atoms with Crippen molar-refractivity contribution in [2.45, 2.75) is 4.90 Å². The molecule has 0 unspecified atom stereocenters. The summed E-state index contributed by atoms with van der Waals surface area (Å²) in [5.74, 6) is -4.38. The average Bonchev–Trinajstić information content (AvgIpc) is 2.24. The Morgan fingerprint density at radius 2 is 2.06 bits per heavy atom. The second-order valence-electron chi connectivity index (χ2n) is 3.14. The van der Waals surface area contributed by atoms with Crippen molar-refractivity contribution in [1.29, 1.82) is 0 Å². The van der Waals surface area contributed by atoms with E-state index in [0.717, 1.165) is 7.11 Å². The molecule has 0 saturated carbocycles. The van der Waals surface area contributed by atoms with Gasteiger partial charge in [-0.15, -0.1) is 0 Å². The van der Waals surface area contributed by atoms with Gasteiger partial charge in [-0.1, -0.05) is 0 Å². The van der Waals surface area contributed by atoms with Gasteiger partial charge in [0.1, 0.15) is 23.9 Å². The van der Waals surface area contributed by atoms with Crippen molar-refractivity contribution in [2.24, 2.45) is 0 Å². The molecule has 0 heterocycles. The van der Waals surface area contributed by atoms with Gasteiger partial charge in [-0.25, -0.2) is 17.2 Å². The van der Waals surface area contributed by atoms with Crippen molar-refractivity contribution in [3.8, 4) is 5.75 Å². The number of carboxylic acid groups (broad SMARTS) is 1. The highest BCUT2D eigenvalue weighted by Gasteiger charge is 2.25. The molecule has 100 valence electrons. The highest BCUT2D eigenvalue weighted by Crippen LogP contribution is 2.27. The van der Waals surface area contributed by atoms with Crippen LogP contribution in [0.25, 0.3) is 0 Å². The normalized spacial score (nSPS) is 11.3. The minimum Gasteiger partial charge on any atom is -0.495 e. The molecule has 0 aliphatic carbocycles. The van der Waals surface area contributed by atoms with E-state index < -0.39 is 44.8 Å². The van der Waals surface area contributed by atoms with E-state index in [9.17, 15) is 22.0 Å². The summed E-state index contributed by atoms with van der Waals surface area (Å²) in [6.07, 6.45) is 0. The van der Waals surface area contributed by atoms with Gasteiger partial charge in [0.15, 0.2) is 4.90 Å². The molecule has 0 radical (unpaired) electrons. The Hall–Kier alpha value is -1.74. The van der Waals surface area contributed by atoms with Crippen molar-refractivity contribution >= 4 is 16.0 Å². The first-order chi connectivity index (χ1) is 8.27. The van der Waals surface area contributed by atoms with Crippen LogP contribution in [0, 0.1) is 11.6 Å². The standard InChI is InChI=1S/C9H9F2NO5S/c1-17-7-3-5(10)2-6(11)9(7)18(15,16)12-4-8(13)14/h2-3,12H,4H2,1H3,(H,13,14). The minimum absolute atomic E-state index is 0.359. The molecule has 0 fully saturated rings. The molecule has 0 aromatic heterocycles. The van der Waals surface area contributed by atoms with E-state index in [4.69, 9.17) is 5.11 Å². The number of carboxylic acids is 1. The van der Waals surface area contributed by atoms with Crippen molar-refractivity contribution in [3.05, 3.63) is 23.8 Å². The summed E-state index contributed by atoms with van der Waals surface area (Å²) in [5, 5.41) is 8.35. The number of ether oxygens (including phenoxy) is 1. The minimum atomic E-state index is -4.44. The van der Waals surface area contributed by atoms with Gasteiger partial charge in [0.25, 0.3) is 0 Å². The predicted molar refractivity (Wildman–Crippen MR) is 55.7 cm³/mol. The molecule has 0 spiro atoms. The highest BCUT2D eigenvalue weighted by atomic mass is 32.2. The zero-order valence-corrected chi connectivity index (χ0v) is 9.92. The Kier molecular flexibility index (Phi) is 4.19. The molecule has 1 aromatic rings. The molecule has 2 N–H and O–H groups in total. The lowest BCUT2D eigenvalue weighted by Crippen LogP contribution is -2.30. The maximum atomic E-state index is 13.4. The molecular formula is C9H9F2NO5S. The second kappa shape index (κ2) is 5.27. The van der Waals surface area contributed by atoms with Crippen LogP contribution < -0.4 is 9.46 Å². The van der Waals surface area contributed by atoms with Gasteiger partial charge < -0.3 is 9.84 Å². The first kappa shape index (κ1) is 14.3. The maximum Gasteiger partial charge on any atom is 0.318 e. The summed E-state index contributed by atoms with van der Waals surface area (Å²) in [5.41, 5.74) is 0. The molecular weight excluding hydrogens is 272 g/mol. The summed E-state index contributed by atoms with van der Waals surface area (Å²) in [4.78, 5) is 9.32. The number of hydrogen-bond acceptors (Lipinski definition) is 4. The van der Waals surface area contributed by atoms with Crippen LogP contribution in [0.4, 0.5) is 8.78 Å². The van der Waals surface area contributed by atoms with Gasteiger partial charge in [-0.05, 0) is 0 Å². The summed E-state index contributed by atoms with van der Waals surface area (Å²) in [7, 11) is -3.41. The largest absolute Gasteiger partial charge is 0.495 e. The van der Waals surface area contributed by atoms with E-state index in [-0.39, 0.29) is 0 Å². The zero-order chi connectivity index (χ0) is 13.9. The van der Waals surface area contributed by atoms with Crippen LogP contribution in [0.5, 0.6) is 5.75 Å². The van der Waals surface area contributed by atoms with Crippen LogP contribution in [0.15, 0.2) is 17.0 Å². The fraction of sp³-hybridized carbons (Fsp3) is 0.222.